The number of fused-ring (bicyclic) bond motifs is 5. The number of aromatic nitrogens is 1. The van der Waals surface area contributed by atoms with Crippen molar-refractivity contribution < 1.29 is 24.2 Å². The molecule has 3 aliphatic rings. The summed E-state index contributed by atoms with van der Waals surface area (Å²) >= 11 is 1.57. The highest BCUT2D eigenvalue weighted by atomic mass is 32.2. The van der Waals surface area contributed by atoms with E-state index in [4.69, 9.17) is 19.5 Å². The Morgan fingerprint density at radius 1 is 1.00 bits per heavy atom. The van der Waals surface area contributed by atoms with E-state index in [-0.39, 0.29) is 36.6 Å². The van der Waals surface area contributed by atoms with Crippen molar-refractivity contribution in [2.24, 2.45) is 4.99 Å². The Balaban J connectivity index is 0.959. The average molecular weight is 712 g/mol. The number of hydrogen-bond donors (Lipinski definition) is 2. The second-order valence-electron chi connectivity index (χ2n) is 12.9. The molecule has 0 radical (unpaired) electrons. The molecule has 0 aliphatic carbocycles. The first-order valence-corrected chi connectivity index (χ1v) is 18.0. The van der Waals surface area contributed by atoms with E-state index in [1.165, 1.54) is 5.57 Å². The molecular formula is C41H37N5O5S. The molecule has 10 nitrogen and oxygen atoms in total. The number of hydrogen-bond acceptors (Lipinski definition) is 9. The third-order valence-electron chi connectivity index (χ3n) is 9.83. The molecule has 4 heterocycles. The molecule has 8 rings (SSSR count). The second kappa shape index (κ2) is 14.2. The summed E-state index contributed by atoms with van der Waals surface area (Å²) in [4.78, 5) is 41.5. The summed E-state index contributed by atoms with van der Waals surface area (Å²) in [5.41, 5.74) is 6.37. The summed E-state index contributed by atoms with van der Waals surface area (Å²) in [6.45, 7) is 1.15. The van der Waals surface area contributed by atoms with Crippen LogP contribution in [0.5, 0.6) is 17.2 Å². The van der Waals surface area contributed by atoms with Crippen LogP contribution in [0.3, 0.4) is 0 Å². The number of benzene rings is 4. The lowest BCUT2D eigenvalue weighted by Crippen LogP contribution is -2.43. The maximum atomic E-state index is 13.8. The number of nitrogens with zero attached hydrogens (tertiary/aromatic N) is 4. The van der Waals surface area contributed by atoms with Gasteiger partial charge in [-0.2, -0.15) is 0 Å². The zero-order chi connectivity index (χ0) is 35.8. The summed E-state index contributed by atoms with van der Waals surface area (Å²) in [6.07, 6.45) is 5.46. The number of ether oxygens (including phenoxy) is 2. The minimum absolute atomic E-state index is 0.0888. The first-order chi connectivity index (χ1) is 25.4. The predicted octanol–water partition coefficient (Wildman–Crippen LogP) is 6.90. The number of phenolic OH excluding ortho intramolecular Hbond substituents is 1. The molecule has 2 amide bonds. The van der Waals surface area contributed by atoms with Gasteiger partial charge in [-0.15, -0.1) is 0 Å². The smallest absolute Gasteiger partial charge is 0.257 e. The third-order valence-corrected chi connectivity index (χ3v) is 10.5. The lowest BCUT2D eigenvalue weighted by atomic mass is 9.94. The molecule has 1 atom stereocenters. The molecule has 262 valence electrons. The van der Waals surface area contributed by atoms with E-state index in [2.05, 4.69) is 35.1 Å². The van der Waals surface area contributed by atoms with Crippen molar-refractivity contribution in [2.45, 2.75) is 36.8 Å². The van der Waals surface area contributed by atoms with Crippen molar-refractivity contribution >= 4 is 57.7 Å². The fourth-order valence-corrected chi connectivity index (χ4v) is 7.77. The quantitative estimate of drug-likeness (QED) is 0.159. The Morgan fingerprint density at radius 2 is 1.81 bits per heavy atom. The van der Waals surface area contributed by atoms with Crippen LogP contribution in [-0.2, 0) is 24.2 Å². The number of pyridine rings is 1. The van der Waals surface area contributed by atoms with E-state index in [0.717, 1.165) is 38.9 Å². The standard InChI is InChI=1S/C41H37N5O5S/c1-42-52-30-12-10-25(11-13-30)26-14-16-45-29(18-26)23-43-35-21-39(38(50-2)20-34(35)41(45)49)51-24-28-7-5-6-27(44-28)19-40(48)46-17-15-32-31-8-3-4-9-33(31)37(47)22-36(32)46/h3-14,20-23,29,42,47H,15-19,24H2,1-2H3. The number of rotatable bonds is 9. The van der Waals surface area contributed by atoms with Gasteiger partial charge >= 0.3 is 0 Å². The van der Waals surface area contributed by atoms with E-state index in [1.807, 2.05) is 60.6 Å². The van der Waals surface area contributed by atoms with E-state index in [1.54, 1.807) is 42.2 Å². The van der Waals surface area contributed by atoms with Gasteiger partial charge in [0.25, 0.3) is 5.91 Å². The maximum absolute atomic E-state index is 13.8. The first kappa shape index (κ1) is 33.5. The fraction of sp³-hybridized carbons (Fsp3) is 0.220. The Kier molecular flexibility index (Phi) is 9.12. The van der Waals surface area contributed by atoms with Gasteiger partial charge in [0.1, 0.15) is 12.4 Å². The van der Waals surface area contributed by atoms with Crippen molar-refractivity contribution in [3.63, 3.8) is 0 Å². The summed E-state index contributed by atoms with van der Waals surface area (Å²) in [7, 11) is 3.44. The number of anilines is 1. The molecule has 11 heteroatoms. The topological polar surface area (TPSA) is 117 Å². The Labute approximate surface area is 305 Å². The molecule has 0 bridgehead atoms. The SMILES string of the molecule is CNSc1ccc(C2=CCN3C(=O)c4cc(OC)c(OCc5cccc(CC(=O)N6CCc7c6cc(O)c6ccccc76)n5)cc4N=CC3C2)cc1. The highest BCUT2D eigenvalue weighted by Gasteiger charge is 2.32. The van der Waals surface area contributed by atoms with Crippen molar-refractivity contribution in [1.29, 1.82) is 0 Å². The molecule has 2 N–H and O–H groups in total. The van der Waals surface area contributed by atoms with Crippen LogP contribution >= 0.6 is 11.9 Å². The number of aromatic hydroxyl groups is 1. The number of methoxy groups -OCH3 is 1. The number of carbonyl (C=O) groups excluding carboxylic acids is 2. The minimum atomic E-state index is -0.185. The summed E-state index contributed by atoms with van der Waals surface area (Å²) in [5, 5.41) is 12.4. The van der Waals surface area contributed by atoms with Gasteiger partial charge in [0.15, 0.2) is 11.5 Å². The highest BCUT2D eigenvalue weighted by Crippen LogP contribution is 2.41. The number of phenols is 1. The fourth-order valence-electron chi connectivity index (χ4n) is 7.26. The van der Waals surface area contributed by atoms with Crippen LogP contribution < -0.4 is 19.1 Å². The number of nitrogens with one attached hydrogen (secondary N) is 1. The van der Waals surface area contributed by atoms with Crippen molar-refractivity contribution in [3.05, 3.63) is 119 Å². The molecule has 0 spiro atoms. The second-order valence-corrected chi connectivity index (χ2v) is 14.0. The van der Waals surface area contributed by atoms with Crippen LogP contribution in [0, 0.1) is 0 Å². The summed E-state index contributed by atoms with van der Waals surface area (Å²) in [6, 6.07) is 26.6. The van der Waals surface area contributed by atoms with Gasteiger partial charge in [-0.1, -0.05) is 48.5 Å². The predicted molar refractivity (Wildman–Crippen MR) is 204 cm³/mol. The van der Waals surface area contributed by atoms with Crippen molar-refractivity contribution in [1.82, 2.24) is 14.6 Å². The molecule has 1 unspecified atom stereocenters. The Bertz CT molecular complexity index is 2270. The van der Waals surface area contributed by atoms with Gasteiger partial charge < -0.3 is 24.4 Å². The summed E-state index contributed by atoms with van der Waals surface area (Å²) in [5.74, 6) is 0.824. The van der Waals surface area contributed by atoms with Crippen LogP contribution in [0.15, 0.2) is 101 Å². The molecule has 0 fully saturated rings. The molecule has 0 saturated carbocycles. The maximum Gasteiger partial charge on any atom is 0.257 e. The highest BCUT2D eigenvalue weighted by molar-refractivity contribution is 7.97. The number of carbonyl (C=O) groups is 2. The van der Waals surface area contributed by atoms with Crippen LogP contribution in [0.25, 0.3) is 16.3 Å². The van der Waals surface area contributed by atoms with E-state index in [0.29, 0.717) is 53.6 Å². The Hall–Kier alpha value is -5.65. The van der Waals surface area contributed by atoms with Gasteiger partial charge in [-0.25, -0.2) is 0 Å². The monoisotopic (exact) mass is 711 g/mol. The average Bonchev–Trinajstić information content (AvgIpc) is 3.55. The van der Waals surface area contributed by atoms with E-state index in [9.17, 15) is 14.7 Å². The molecule has 52 heavy (non-hydrogen) atoms. The zero-order valence-corrected chi connectivity index (χ0v) is 29.7. The van der Waals surface area contributed by atoms with Gasteiger partial charge in [0.05, 0.1) is 47.9 Å². The summed E-state index contributed by atoms with van der Waals surface area (Å²) < 4.78 is 15.0. The minimum Gasteiger partial charge on any atom is -0.507 e. The van der Waals surface area contributed by atoms with Crippen LogP contribution in [0.4, 0.5) is 11.4 Å². The van der Waals surface area contributed by atoms with Crippen LogP contribution in [0.1, 0.15) is 39.3 Å². The van der Waals surface area contributed by atoms with E-state index < -0.39 is 0 Å². The molecule has 4 aromatic carbocycles. The molecule has 3 aliphatic heterocycles. The lowest BCUT2D eigenvalue weighted by molar-refractivity contribution is -0.117. The zero-order valence-electron chi connectivity index (χ0n) is 28.8. The lowest BCUT2D eigenvalue weighted by Gasteiger charge is -2.32. The third kappa shape index (κ3) is 6.37. The molecule has 0 saturated heterocycles. The van der Waals surface area contributed by atoms with Gasteiger partial charge in [-0.3, -0.25) is 24.3 Å². The van der Waals surface area contributed by atoms with Gasteiger partial charge in [-0.05, 0) is 84.3 Å². The van der Waals surface area contributed by atoms with Crippen LogP contribution in [0.2, 0.25) is 0 Å². The van der Waals surface area contributed by atoms with Crippen molar-refractivity contribution in [2.75, 3.05) is 32.1 Å². The largest absolute Gasteiger partial charge is 0.507 e. The van der Waals surface area contributed by atoms with Gasteiger partial charge in [0, 0.05) is 41.7 Å². The molecular weight excluding hydrogens is 675 g/mol. The van der Waals surface area contributed by atoms with Crippen LogP contribution in [-0.4, -0.2) is 66.3 Å². The molecule has 5 aromatic rings. The number of aliphatic imine (C=N–C) groups is 1. The Morgan fingerprint density at radius 3 is 2.62 bits per heavy atom. The van der Waals surface area contributed by atoms with E-state index >= 15 is 0 Å². The normalized spacial score (nSPS) is 16.2. The number of amides is 2. The first-order valence-electron chi connectivity index (χ1n) is 17.2. The van der Waals surface area contributed by atoms with Gasteiger partial charge in [0.2, 0.25) is 5.91 Å². The van der Waals surface area contributed by atoms with Crippen molar-refractivity contribution in [3.8, 4) is 17.2 Å². The molecule has 1 aromatic heterocycles.